The van der Waals surface area contributed by atoms with Gasteiger partial charge in [0.25, 0.3) is 0 Å². The second kappa shape index (κ2) is 8.81. The lowest BCUT2D eigenvalue weighted by atomic mass is 10.1. The molecule has 0 unspecified atom stereocenters. The zero-order valence-electron chi connectivity index (χ0n) is 10.8. The first kappa shape index (κ1) is 15.7. The molecule has 0 heterocycles. The van der Waals surface area contributed by atoms with Crippen LogP contribution in [0.1, 0.15) is 20.3 Å². The fourth-order valence-electron chi connectivity index (χ4n) is 1.21. The van der Waals surface area contributed by atoms with Gasteiger partial charge in [-0.05, 0) is 12.3 Å². The first-order valence-corrected chi connectivity index (χ1v) is 5.85. The monoisotopic (exact) mass is 245 g/mol. The molecule has 0 aromatic heterocycles. The van der Waals surface area contributed by atoms with Crippen molar-refractivity contribution < 1.29 is 14.7 Å². The number of carbonyl (C=O) groups is 2. The zero-order valence-corrected chi connectivity index (χ0v) is 10.8. The minimum absolute atomic E-state index is 0.0427. The highest BCUT2D eigenvalue weighted by atomic mass is 16.3. The average Bonchev–Trinajstić information content (AvgIpc) is 2.30. The molecule has 0 aliphatic heterocycles. The molecular weight excluding hydrogens is 222 g/mol. The van der Waals surface area contributed by atoms with E-state index in [0.29, 0.717) is 12.5 Å². The van der Waals surface area contributed by atoms with Crippen LogP contribution in [0, 0.1) is 5.92 Å². The van der Waals surface area contributed by atoms with Gasteiger partial charge in [0.1, 0.15) is 0 Å². The lowest BCUT2D eigenvalue weighted by molar-refractivity contribution is -0.119. The van der Waals surface area contributed by atoms with E-state index >= 15 is 0 Å². The van der Waals surface area contributed by atoms with Crippen molar-refractivity contribution in [3.63, 3.8) is 0 Å². The number of hydrogen-bond donors (Lipinski definition) is 3. The summed E-state index contributed by atoms with van der Waals surface area (Å²) in [6.45, 7) is 4.88. The van der Waals surface area contributed by atoms with E-state index in [4.69, 9.17) is 5.11 Å². The van der Waals surface area contributed by atoms with E-state index in [0.717, 1.165) is 6.42 Å². The van der Waals surface area contributed by atoms with Gasteiger partial charge in [0, 0.05) is 20.1 Å². The summed E-state index contributed by atoms with van der Waals surface area (Å²) in [5, 5.41) is 13.8. The molecule has 0 rings (SSSR count). The number of aliphatic hydroxyl groups excluding tert-OH is 1. The van der Waals surface area contributed by atoms with Gasteiger partial charge in [0.2, 0.25) is 5.91 Å². The molecule has 0 radical (unpaired) electrons. The molecular formula is C11H23N3O3. The minimum atomic E-state index is -0.316. The van der Waals surface area contributed by atoms with Crippen molar-refractivity contribution >= 4 is 11.9 Å². The third-order valence-electron chi connectivity index (χ3n) is 2.31. The van der Waals surface area contributed by atoms with E-state index < -0.39 is 0 Å². The summed E-state index contributed by atoms with van der Waals surface area (Å²) in [6.07, 6.45) is 0.868. The maximum Gasteiger partial charge on any atom is 0.317 e. The number of likely N-dealkylation sites (N-methyl/N-ethyl adjacent to an activating group) is 1. The van der Waals surface area contributed by atoms with Crippen LogP contribution in [0.5, 0.6) is 0 Å². The van der Waals surface area contributed by atoms with Crippen molar-refractivity contribution in [2.45, 2.75) is 20.3 Å². The van der Waals surface area contributed by atoms with Crippen LogP contribution < -0.4 is 10.6 Å². The Morgan fingerprint density at radius 1 is 1.29 bits per heavy atom. The minimum Gasteiger partial charge on any atom is -0.395 e. The topological polar surface area (TPSA) is 81.7 Å². The normalized spacial score (nSPS) is 10.2. The Bertz CT molecular complexity index is 244. The van der Waals surface area contributed by atoms with E-state index in [1.54, 1.807) is 0 Å². The standard InChI is InChI=1S/C11H23N3O3/c1-9(2)4-5-14(6-7-15)11(17)13-8-10(16)12-3/h9,15H,4-8H2,1-3H3,(H,12,16)(H,13,17). The predicted molar refractivity (Wildman–Crippen MR) is 65.6 cm³/mol. The second-order valence-electron chi connectivity index (χ2n) is 4.23. The number of hydrogen-bond acceptors (Lipinski definition) is 3. The van der Waals surface area contributed by atoms with Crippen LogP contribution >= 0.6 is 0 Å². The highest BCUT2D eigenvalue weighted by Crippen LogP contribution is 2.02. The number of nitrogens with one attached hydrogen (secondary N) is 2. The lowest BCUT2D eigenvalue weighted by Crippen LogP contribution is -2.45. The van der Waals surface area contributed by atoms with Gasteiger partial charge in [-0.2, -0.15) is 0 Å². The lowest BCUT2D eigenvalue weighted by Gasteiger charge is -2.22. The van der Waals surface area contributed by atoms with Crippen LogP contribution in [0.4, 0.5) is 4.79 Å². The molecule has 0 saturated carbocycles. The van der Waals surface area contributed by atoms with Crippen LogP contribution in [0.15, 0.2) is 0 Å². The number of aliphatic hydroxyl groups is 1. The van der Waals surface area contributed by atoms with Gasteiger partial charge >= 0.3 is 6.03 Å². The molecule has 0 saturated heterocycles. The third-order valence-corrected chi connectivity index (χ3v) is 2.31. The summed E-state index contributed by atoms with van der Waals surface area (Å²) in [5.74, 6) is 0.245. The molecule has 0 atom stereocenters. The maximum absolute atomic E-state index is 11.7. The van der Waals surface area contributed by atoms with Gasteiger partial charge in [-0.1, -0.05) is 13.8 Å². The molecule has 17 heavy (non-hydrogen) atoms. The number of carbonyl (C=O) groups excluding carboxylic acids is 2. The molecule has 3 N–H and O–H groups in total. The number of amides is 3. The van der Waals surface area contributed by atoms with Gasteiger partial charge in [-0.3, -0.25) is 4.79 Å². The van der Waals surface area contributed by atoms with Crippen molar-refractivity contribution in [1.29, 1.82) is 0 Å². The molecule has 0 spiro atoms. The highest BCUT2D eigenvalue weighted by molar-refractivity contribution is 5.83. The maximum atomic E-state index is 11.7. The molecule has 0 aromatic rings. The van der Waals surface area contributed by atoms with Crippen LogP contribution in [0.3, 0.4) is 0 Å². The van der Waals surface area contributed by atoms with Crippen molar-refractivity contribution in [3.8, 4) is 0 Å². The summed E-state index contributed by atoms with van der Waals surface area (Å²) < 4.78 is 0. The Hall–Kier alpha value is -1.30. The van der Waals surface area contributed by atoms with E-state index in [2.05, 4.69) is 24.5 Å². The fourth-order valence-corrected chi connectivity index (χ4v) is 1.21. The van der Waals surface area contributed by atoms with E-state index in [9.17, 15) is 9.59 Å². The molecule has 0 aromatic carbocycles. The number of rotatable bonds is 7. The van der Waals surface area contributed by atoms with Crippen molar-refractivity contribution in [1.82, 2.24) is 15.5 Å². The summed E-state index contributed by atoms with van der Waals surface area (Å²) >= 11 is 0. The SMILES string of the molecule is CNC(=O)CNC(=O)N(CCO)CCC(C)C. The second-order valence-corrected chi connectivity index (χ2v) is 4.23. The van der Waals surface area contributed by atoms with E-state index in [1.165, 1.54) is 11.9 Å². The Kier molecular flexibility index (Phi) is 8.13. The summed E-state index contributed by atoms with van der Waals surface area (Å²) in [6, 6.07) is -0.316. The number of nitrogens with zero attached hydrogens (tertiary/aromatic N) is 1. The van der Waals surface area contributed by atoms with Gasteiger partial charge in [-0.25, -0.2) is 4.79 Å². The first-order valence-electron chi connectivity index (χ1n) is 5.85. The van der Waals surface area contributed by atoms with E-state index in [1.807, 2.05) is 0 Å². The van der Waals surface area contributed by atoms with Gasteiger partial charge in [-0.15, -0.1) is 0 Å². The molecule has 6 nitrogen and oxygen atoms in total. The van der Waals surface area contributed by atoms with Crippen molar-refractivity contribution in [2.75, 3.05) is 33.3 Å². The first-order chi connectivity index (χ1) is 8.01. The third kappa shape index (κ3) is 7.57. The predicted octanol–water partition coefficient (Wildman–Crippen LogP) is -0.218. The van der Waals surface area contributed by atoms with Crippen LogP contribution in [0.2, 0.25) is 0 Å². The Balaban J connectivity index is 4.09. The zero-order chi connectivity index (χ0) is 13.3. The molecule has 0 aliphatic carbocycles. The Morgan fingerprint density at radius 3 is 2.41 bits per heavy atom. The molecule has 100 valence electrons. The quantitative estimate of drug-likeness (QED) is 0.580. The van der Waals surface area contributed by atoms with E-state index in [-0.39, 0.29) is 31.6 Å². The largest absolute Gasteiger partial charge is 0.395 e. The molecule has 0 fully saturated rings. The van der Waals surface area contributed by atoms with Crippen LogP contribution in [-0.4, -0.2) is 55.2 Å². The molecule has 6 heteroatoms. The van der Waals surface area contributed by atoms with Crippen molar-refractivity contribution in [3.05, 3.63) is 0 Å². The Labute approximate surface area is 102 Å². The molecule has 0 aliphatic rings. The molecule has 0 bridgehead atoms. The highest BCUT2D eigenvalue weighted by Gasteiger charge is 2.13. The summed E-state index contributed by atoms with van der Waals surface area (Å²) in [7, 11) is 1.51. The number of urea groups is 1. The van der Waals surface area contributed by atoms with Crippen LogP contribution in [0.25, 0.3) is 0 Å². The van der Waals surface area contributed by atoms with Gasteiger partial charge in [0.05, 0.1) is 13.2 Å². The molecule has 3 amide bonds. The van der Waals surface area contributed by atoms with Gasteiger partial charge < -0.3 is 20.6 Å². The summed E-state index contributed by atoms with van der Waals surface area (Å²) in [4.78, 5) is 24.2. The average molecular weight is 245 g/mol. The van der Waals surface area contributed by atoms with Crippen LogP contribution in [-0.2, 0) is 4.79 Å². The summed E-state index contributed by atoms with van der Waals surface area (Å²) in [5.41, 5.74) is 0. The smallest absolute Gasteiger partial charge is 0.317 e. The fraction of sp³-hybridized carbons (Fsp3) is 0.818. The van der Waals surface area contributed by atoms with Gasteiger partial charge in [0.15, 0.2) is 0 Å². The Morgan fingerprint density at radius 2 is 1.94 bits per heavy atom. The van der Waals surface area contributed by atoms with Crippen molar-refractivity contribution in [2.24, 2.45) is 5.92 Å².